The van der Waals surface area contributed by atoms with Crippen LogP contribution in [0.5, 0.6) is 0 Å². The van der Waals surface area contributed by atoms with Gasteiger partial charge in [0.05, 0.1) is 6.04 Å². The SMILES string of the molecule is O=C(O)N[C](c1ccccc1)C1CCC1. The summed E-state index contributed by atoms with van der Waals surface area (Å²) in [6, 6.07) is 10.5. The molecule has 0 aromatic heterocycles. The highest BCUT2D eigenvalue weighted by molar-refractivity contribution is 5.67. The van der Waals surface area contributed by atoms with E-state index in [0.29, 0.717) is 5.92 Å². The predicted molar refractivity (Wildman–Crippen MR) is 57.3 cm³/mol. The number of carboxylic acid groups (broad SMARTS) is 1. The standard InChI is InChI=1S/C12H14NO2/c14-12(15)13-11(10-7-4-8-10)9-5-2-1-3-6-9/h1-3,5-6,10,13H,4,7-8H2,(H,14,15). The van der Waals surface area contributed by atoms with Crippen LogP contribution < -0.4 is 5.32 Å². The first kappa shape index (κ1) is 10.0. The molecule has 15 heavy (non-hydrogen) atoms. The second-order valence-electron chi connectivity index (χ2n) is 3.84. The van der Waals surface area contributed by atoms with Gasteiger partial charge in [0.2, 0.25) is 0 Å². The maximum atomic E-state index is 10.7. The third-order valence-corrected chi connectivity index (χ3v) is 2.84. The average molecular weight is 204 g/mol. The van der Waals surface area contributed by atoms with Crippen molar-refractivity contribution in [2.45, 2.75) is 19.3 Å². The van der Waals surface area contributed by atoms with Crippen molar-refractivity contribution < 1.29 is 9.90 Å². The number of hydrogen-bond acceptors (Lipinski definition) is 1. The molecule has 79 valence electrons. The molecule has 1 amide bonds. The number of carbonyl (C=O) groups is 1. The summed E-state index contributed by atoms with van der Waals surface area (Å²) in [6.45, 7) is 0. The van der Waals surface area contributed by atoms with Crippen molar-refractivity contribution >= 4 is 6.09 Å². The Bertz CT molecular complexity index is 333. The zero-order valence-corrected chi connectivity index (χ0v) is 8.44. The van der Waals surface area contributed by atoms with Crippen molar-refractivity contribution in [3.63, 3.8) is 0 Å². The van der Waals surface area contributed by atoms with E-state index in [4.69, 9.17) is 5.11 Å². The highest BCUT2D eigenvalue weighted by atomic mass is 16.4. The van der Waals surface area contributed by atoms with E-state index in [1.165, 1.54) is 6.42 Å². The maximum absolute atomic E-state index is 10.7. The first-order chi connectivity index (χ1) is 7.27. The fraction of sp³-hybridized carbons (Fsp3) is 0.333. The molecule has 3 nitrogen and oxygen atoms in total. The molecule has 0 unspecified atom stereocenters. The summed E-state index contributed by atoms with van der Waals surface area (Å²) in [6.07, 6.45) is 2.40. The molecule has 0 spiro atoms. The van der Waals surface area contributed by atoms with Crippen molar-refractivity contribution in [3.05, 3.63) is 41.9 Å². The minimum Gasteiger partial charge on any atom is -0.465 e. The van der Waals surface area contributed by atoms with Crippen LogP contribution in [0, 0.1) is 12.0 Å². The summed E-state index contributed by atoms with van der Waals surface area (Å²) < 4.78 is 0. The summed E-state index contributed by atoms with van der Waals surface area (Å²) in [5.41, 5.74) is 0.990. The van der Waals surface area contributed by atoms with Crippen LogP contribution >= 0.6 is 0 Å². The van der Waals surface area contributed by atoms with E-state index < -0.39 is 6.09 Å². The molecular formula is C12H14NO2. The Balaban J connectivity index is 2.14. The van der Waals surface area contributed by atoms with Gasteiger partial charge in [-0.25, -0.2) is 4.79 Å². The van der Waals surface area contributed by atoms with Crippen molar-refractivity contribution in [1.82, 2.24) is 5.32 Å². The minimum absolute atomic E-state index is 0.392. The Kier molecular flexibility index (Phi) is 2.90. The molecular weight excluding hydrogens is 190 g/mol. The Morgan fingerprint density at radius 1 is 1.27 bits per heavy atom. The molecule has 2 rings (SSSR count). The second-order valence-corrected chi connectivity index (χ2v) is 3.84. The van der Waals surface area contributed by atoms with Gasteiger partial charge in [-0.15, -0.1) is 0 Å². The highest BCUT2D eigenvalue weighted by Gasteiger charge is 2.30. The van der Waals surface area contributed by atoms with E-state index in [2.05, 4.69) is 5.32 Å². The van der Waals surface area contributed by atoms with Crippen molar-refractivity contribution in [2.24, 2.45) is 5.92 Å². The molecule has 1 aromatic carbocycles. The van der Waals surface area contributed by atoms with Gasteiger partial charge in [-0.1, -0.05) is 36.8 Å². The smallest absolute Gasteiger partial charge is 0.405 e. The van der Waals surface area contributed by atoms with Crippen LogP contribution in [-0.2, 0) is 0 Å². The Hall–Kier alpha value is -1.51. The van der Waals surface area contributed by atoms with Gasteiger partial charge in [0.1, 0.15) is 0 Å². The summed E-state index contributed by atoms with van der Waals surface area (Å²) in [4.78, 5) is 10.7. The lowest BCUT2D eigenvalue weighted by atomic mass is 9.77. The van der Waals surface area contributed by atoms with Gasteiger partial charge >= 0.3 is 6.09 Å². The minimum atomic E-state index is -0.972. The Labute approximate surface area is 89.1 Å². The lowest BCUT2D eigenvalue weighted by Crippen LogP contribution is -2.36. The quantitative estimate of drug-likeness (QED) is 0.795. The van der Waals surface area contributed by atoms with Crippen LogP contribution in [0.4, 0.5) is 4.79 Å². The molecule has 0 aliphatic heterocycles. The number of amides is 1. The van der Waals surface area contributed by atoms with E-state index in [0.717, 1.165) is 24.4 Å². The predicted octanol–water partition coefficient (Wildman–Crippen LogP) is 2.63. The molecule has 1 aliphatic rings. The van der Waals surface area contributed by atoms with Crippen LogP contribution in [0.1, 0.15) is 24.8 Å². The van der Waals surface area contributed by atoms with Gasteiger partial charge < -0.3 is 10.4 Å². The van der Waals surface area contributed by atoms with Crippen LogP contribution in [0.15, 0.2) is 30.3 Å². The first-order valence-electron chi connectivity index (χ1n) is 5.19. The molecule has 1 fully saturated rings. The second kappa shape index (κ2) is 4.34. The number of nitrogens with one attached hydrogen (secondary N) is 1. The molecule has 1 aliphatic carbocycles. The number of benzene rings is 1. The van der Waals surface area contributed by atoms with Crippen molar-refractivity contribution in [3.8, 4) is 0 Å². The molecule has 1 aromatic rings. The van der Waals surface area contributed by atoms with Gasteiger partial charge in [-0.2, -0.15) is 0 Å². The van der Waals surface area contributed by atoms with E-state index in [-0.39, 0.29) is 0 Å². The van der Waals surface area contributed by atoms with E-state index in [1.54, 1.807) is 0 Å². The first-order valence-corrected chi connectivity index (χ1v) is 5.19. The third-order valence-electron chi connectivity index (χ3n) is 2.84. The zero-order chi connectivity index (χ0) is 10.7. The third kappa shape index (κ3) is 2.29. The van der Waals surface area contributed by atoms with Gasteiger partial charge in [0, 0.05) is 0 Å². The fourth-order valence-electron chi connectivity index (χ4n) is 1.84. The van der Waals surface area contributed by atoms with Crippen LogP contribution in [0.25, 0.3) is 0 Å². The molecule has 0 heterocycles. The lowest BCUT2D eigenvalue weighted by Gasteiger charge is -2.32. The van der Waals surface area contributed by atoms with Crippen molar-refractivity contribution in [2.75, 3.05) is 0 Å². The molecule has 2 N–H and O–H groups in total. The topological polar surface area (TPSA) is 49.3 Å². The zero-order valence-electron chi connectivity index (χ0n) is 8.44. The van der Waals surface area contributed by atoms with Gasteiger partial charge in [0.25, 0.3) is 0 Å². The highest BCUT2D eigenvalue weighted by Crippen LogP contribution is 2.36. The Morgan fingerprint density at radius 2 is 1.93 bits per heavy atom. The van der Waals surface area contributed by atoms with Gasteiger partial charge in [-0.05, 0) is 24.3 Å². The largest absolute Gasteiger partial charge is 0.465 e. The van der Waals surface area contributed by atoms with Gasteiger partial charge in [0.15, 0.2) is 0 Å². The molecule has 0 atom stereocenters. The monoisotopic (exact) mass is 204 g/mol. The molecule has 3 heteroatoms. The Morgan fingerprint density at radius 3 is 2.40 bits per heavy atom. The maximum Gasteiger partial charge on any atom is 0.405 e. The average Bonchev–Trinajstić information content (AvgIpc) is 2.15. The summed E-state index contributed by atoms with van der Waals surface area (Å²) in [5, 5.41) is 11.3. The molecule has 0 saturated heterocycles. The van der Waals surface area contributed by atoms with Crippen LogP contribution in [0.3, 0.4) is 0 Å². The summed E-state index contributed by atoms with van der Waals surface area (Å²) in [7, 11) is 0. The van der Waals surface area contributed by atoms with E-state index in [1.807, 2.05) is 30.3 Å². The molecule has 1 saturated carbocycles. The van der Waals surface area contributed by atoms with E-state index >= 15 is 0 Å². The molecule has 1 radical (unpaired) electrons. The lowest BCUT2D eigenvalue weighted by molar-refractivity contribution is 0.190. The molecule has 0 bridgehead atoms. The van der Waals surface area contributed by atoms with Crippen molar-refractivity contribution in [1.29, 1.82) is 0 Å². The van der Waals surface area contributed by atoms with Crippen LogP contribution in [-0.4, -0.2) is 11.2 Å². The van der Waals surface area contributed by atoms with Gasteiger partial charge in [-0.3, -0.25) is 0 Å². The summed E-state index contributed by atoms with van der Waals surface area (Å²) in [5.74, 6) is 0.392. The van der Waals surface area contributed by atoms with Crippen LogP contribution in [0.2, 0.25) is 0 Å². The van der Waals surface area contributed by atoms with E-state index in [9.17, 15) is 4.79 Å². The normalized spacial score (nSPS) is 16.1. The number of hydrogen-bond donors (Lipinski definition) is 2. The fourth-order valence-corrected chi connectivity index (χ4v) is 1.84. The summed E-state index contributed by atoms with van der Waals surface area (Å²) >= 11 is 0. The number of rotatable bonds is 3.